The van der Waals surface area contributed by atoms with E-state index in [9.17, 15) is 14.4 Å². The second-order valence-electron chi connectivity index (χ2n) is 5.19. The number of aromatic hydroxyl groups is 1. The largest absolute Gasteiger partial charge is 0.508 e. The lowest BCUT2D eigenvalue weighted by Gasteiger charge is -2.08. The van der Waals surface area contributed by atoms with Crippen LogP contribution in [0.2, 0.25) is 0 Å². The summed E-state index contributed by atoms with van der Waals surface area (Å²) in [6.45, 7) is -0.771. The van der Waals surface area contributed by atoms with Crippen LogP contribution in [-0.4, -0.2) is 36.0 Å². The normalized spacial score (nSPS) is 9.92. The predicted molar refractivity (Wildman–Crippen MR) is 90.9 cm³/mol. The van der Waals surface area contributed by atoms with Crippen molar-refractivity contribution in [3.63, 3.8) is 0 Å². The van der Waals surface area contributed by atoms with E-state index in [1.807, 2.05) is 30.3 Å². The highest BCUT2D eigenvalue weighted by molar-refractivity contribution is 5.93. The molecule has 0 aliphatic rings. The van der Waals surface area contributed by atoms with E-state index in [0.29, 0.717) is 5.69 Å². The molecule has 0 bridgehead atoms. The van der Waals surface area contributed by atoms with E-state index >= 15 is 0 Å². The molecule has 25 heavy (non-hydrogen) atoms. The minimum absolute atomic E-state index is 0.0793. The Labute approximate surface area is 144 Å². The maximum absolute atomic E-state index is 11.7. The molecule has 0 fully saturated rings. The summed E-state index contributed by atoms with van der Waals surface area (Å²) in [5.74, 6) is -1.45. The molecular formula is C18H18N2O5. The molecule has 2 aromatic rings. The number of ether oxygens (including phenoxy) is 1. The number of carbonyl (C=O) groups excluding carboxylic acids is 3. The molecule has 7 heteroatoms. The molecule has 3 N–H and O–H groups in total. The molecule has 2 aromatic carbocycles. The highest BCUT2D eigenvalue weighted by Crippen LogP contribution is 2.13. The Hall–Kier alpha value is -3.35. The SMILES string of the molecule is O=C(Cc1ccccc1)NCC(=O)OCC(=O)Nc1ccc(O)cc1. The second-order valence-corrected chi connectivity index (χ2v) is 5.19. The highest BCUT2D eigenvalue weighted by atomic mass is 16.5. The summed E-state index contributed by atoms with van der Waals surface area (Å²) in [5, 5.41) is 14.1. The fourth-order valence-corrected chi connectivity index (χ4v) is 1.95. The second kappa shape index (κ2) is 9.07. The summed E-state index contributed by atoms with van der Waals surface area (Å²) in [4.78, 5) is 34.9. The lowest BCUT2D eigenvalue weighted by molar-refractivity contribution is -0.147. The number of phenols is 1. The van der Waals surface area contributed by atoms with Gasteiger partial charge in [-0.15, -0.1) is 0 Å². The van der Waals surface area contributed by atoms with Gasteiger partial charge in [0.2, 0.25) is 5.91 Å². The molecule has 0 aliphatic carbocycles. The Bertz CT molecular complexity index is 729. The number of esters is 1. The van der Waals surface area contributed by atoms with Crippen LogP contribution in [0.25, 0.3) is 0 Å². The van der Waals surface area contributed by atoms with Crippen LogP contribution in [0.5, 0.6) is 5.75 Å². The first kappa shape index (κ1) is 18.0. The zero-order valence-electron chi connectivity index (χ0n) is 13.4. The molecule has 0 aromatic heterocycles. The first-order chi connectivity index (χ1) is 12.0. The van der Waals surface area contributed by atoms with E-state index in [2.05, 4.69) is 10.6 Å². The quantitative estimate of drug-likeness (QED) is 0.519. The maximum atomic E-state index is 11.7. The maximum Gasteiger partial charge on any atom is 0.325 e. The van der Waals surface area contributed by atoms with Crippen LogP contribution in [0.1, 0.15) is 5.56 Å². The number of anilines is 1. The van der Waals surface area contributed by atoms with Crippen molar-refractivity contribution in [2.24, 2.45) is 0 Å². The van der Waals surface area contributed by atoms with Crippen LogP contribution < -0.4 is 10.6 Å². The monoisotopic (exact) mass is 342 g/mol. The van der Waals surface area contributed by atoms with Crippen molar-refractivity contribution in [2.45, 2.75) is 6.42 Å². The number of benzene rings is 2. The molecule has 0 radical (unpaired) electrons. The summed E-state index contributed by atoms with van der Waals surface area (Å²) in [5.41, 5.74) is 1.30. The molecule has 2 amide bonds. The van der Waals surface area contributed by atoms with E-state index < -0.39 is 18.5 Å². The number of amides is 2. The van der Waals surface area contributed by atoms with Gasteiger partial charge in [0.05, 0.1) is 6.42 Å². The van der Waals surface area contributed by atoms with Crippen LogP contribution in [0.3, 0.4) is 0 Å². The number of hydrogen-bond donors (Lipinski definition) is 3. The third-order valence-corrected chi connectivity index (χ3v) is 3.15. The molecule has 0 aliphatic heterocycles. The van der Waals surface area contributed by atoms with Crippen LogP contribution >= 0.6 is 0 Å². The lowest BCUT2D eigenvalue weighted by Crippen LogP contribution is -2.33. The highest BCUT2D eigenvalue weighted by Gasteiger charge is 2.10. The van der Waals surface area contributed by atoms with E-state index in [0.717, 1.165) is 5.56 Å². The van der Waals surface area contributed by atoms with Gasteiger partial charge in [0, 0.05) is 5.69 Å². The van der Waals surface area contributed by atoms with Gasteiger partial charge in [0.25, 0.3) is 5.91 Å². The zero-order valence-corrected chi connectivity index (χ0v) is 13.4. The van der Waals surface area contributed by atoms with Gasteiger partial charge in [-0.25, -0.2) is 0 Å². The molecule has 0 atom stereocenters. The lowest BCUT2D eigenvalue weighted by atomic mass is 10.1. The van der Waals surface area contributed by atoms with Gasteiger partial charge in [0.1, 0.15) is 12.3 Å². The fourth-order valence-electron chi connectivity index (χ4n) is 1.95. The Morgan fingerprint density at radius 3 is 2.28 bits per heavy atom. The molecule has 0 heterocycles. The predicted octanol–water partition coefficient (Wildman–Crippen LogP) is 1.23. The van der Waals surface area contributed by atoms with Gasteiger partial charge < -0.3 is 20.5 Å². The Morgan fingerprint density at radius 1 is 0.920 bits per heavy atom. The zero-order chi connectivity index (χ0) is 18.1. The molecule has 0 spiro atoms. The summed E-state index contributed by atoms with van der Waals surface area (Å²) in [6.07, 6.45) is 0.162. The standard InChI is InChI=1S/C18H18N2O5/c21-15-8-6-14(7-9-15)20-17(23)12-25-18(24)11-19-16(22)10-13-4-2-1-3-5-13/h1-9,21H,10-12H2,(H,19,22)(H,20,23). The Balaban J connectivity index is 1.65. The van der Waals surface area contributed by atoms with E-state index in [-0.39, 0.29) is 24.6 Å². The van der Waals surface area contributed by atoms with Crippen molar-refractivity contribution in [1.82, 2.24) is 5.32 Å². The minimum atomic E-state index is -0.706. The summed E-state index contributed by atoms with van der Waals surface area (Å²) in [7, 11) is 0. The number of hydrogen-bond acceptors (Lipinski definition) is 5. The van der Waals surface area contributed by atoms with Crippen LogP contribution in [0, 0.1) is 0 Å². The van der Waals surface area contributed by atoms with Crippen LogP contribution in [0.4, 0.5) is 5.69 Å². The average molecular weight is 342 g/mol. The minimum Gasteiger partial charge on any atom is -0.508 e. The summed E-state index contributed by atoms with van der Waals surface area (Å²) < 4.78 is 4.79. The Kier molecular flexibility index (Phi) is 6.53. The fraction of sp³-hybridized carbons (Fsp3) is 0.167. The van der Waals surface area contributed by atoms with Crippen molar-refractivity contribution in [1.29, 1.82) is 0 Å². The van der Waals surface area contributed by atoms with Gasteiger partial charge in [-0.1, -0.05) is 30.3 Å². The van der Waals surface area contributed by atoms with E-state index in [1.165, 1.54) is 24.3 Å². The third-order valence-electron chi connectivity index (χ3n) is 3.15. The molecule has 0 saturated heterocycles. The number of carbonyl (C=O) groups is 3. The average Bonchev–Trinajstić information content (AvgIpc) is 2.61. The summed E-state index contributed by atoms with van der Waals surface area (Å²) >= 11 is 0. The molecule has 130 valence electrons. The molecule has 2 rings (SSSR count). The van der Waals surface area contributed by atoms with Crippen LogP contribution in [-0.2, 0) is 25.5 Å². The van der Waals surface area contributed by atoms with Crippen molar-refractivity contribution in [3.05, 3.63) is 60.2 Å². The van der Waals surface area contributed by atoms with E-state index in [4.69, 9.17) is 9.84 Å². The van der Waals surface area contributed by atoms with Gasteiger partial charge >= 0.3 is 5.97 Å². The van der Waals surface area contributed by atoms with Gasteiger partial charge in [-0.3, -0.25) is 14.4 Å². The topological polar surface area (TPSA) is 105 Å². The van der Waals surface area contributed by atoms with Crippen molar-refractivity contribution < 1.29 is 24.2 Å². The smallest absolute Gasteiger partial charge is 0.325 e. The molecule has 7 nitrogen and oxygen atoms in total. The van der Waals surface area contributed by atoms with Crippen LogP contribution in [0.15, 0.2) is 54.6 Å². The van der Waals surface area contributed by atoms with Crippen molar-refractivity contribution >= 4 is 23.5 Å². The number of nitrogens with one attached hydrogen (secondary N) is 2. The van der Waals surface area contributed by atoms with Gasteiger partial charge in [-0.2, -0.15) is 0 Å². The first-order valence-corrected chi connectivity index (χ1v) is 7.58. The number of phenolic OH excluding ortho intramolecular Hbond substituents is 1. The number of rotatable bonds is 7. The molecular weight excluding hydrogens is 324 g/mol. The summed E-state index contributed by atoms with van der Waals surface area (Å²) in [6, 6.07) is 15.0. The molecule has 0 unspecified atom stereocenters. The van der Waals surface area contributed by atoms with Crippen molar-refractivity contribution in [2.75, 3.05) is 18.5 Å². The molecule has 0 saturated carbocycles. The Morgan fingerprint density at radius 2 is 1.60 bits per heavy atom. The van der Waals surface area contributed by atoms with Gasteiger partial charge in [-0.05, 0) is 29.8 Å². The van der Waals surface area contributed by atoms with E-state index in [1.54, 1.807) is 0 Å². The van der Waals surface area contributed by atoms with Crippen molar-refractivity contribution in [3.8, 4) is 5.75 Å². The first-order valence-electron chi connectivity index (χ1n) is 7.58. The van der Waals surface area contributed by atoms with Gasteiger partial charge in [0.15, 0.2) is 6.61 Å². The third kappa shape index (κ3) is 6.74.